The summed E-state index contributed by atoms with van der Waals surface area (Å²) in [6.07, 6.45) is 0.530. The second kappa shape index (κ2) is 4.82. The summed E-state index contributed by atoms with van der Waals surface area (Å²) < 4.78 is 4.81. The van der Waals surface area contributed by atoms with Gasteiger partial charge in [-0.3, -0.25) is 0 Å². The van der Waals surface area contributed by atoms with Crippen LogP contribution in [0.3, 0.4) is 0 Å². The molecule has 2 rings (SSSR count). The molecule has 1 aliphatic heterocycles. The van der Waals surface area contributed by atoms with Crippen molar-refractivity contribution in [3.63, 3.8) is 0 Å². The van der Waals surface area contributed by atoms with Crippen molar-refractivity contribution in [3.8, 4) is 0 Å². The molecule has 1 heterocycles. The number of cyclic esters (lactones) is 1. The van der Waals surface area contributed by atoms with E-state index in [1.165, 1.54) is 0 Å². The number of esters is 1. The first-order valence-electron chi connectivity index (χ1n) is 5.40. The highest BCUT2D eigenvalue weighted by Crippen LogP contribution is 2.29. The molecule has 18 heavy (non-hydrogen) atoms. The number of benzene rings is 1. The van der Waals surface area contributed by atoms with Gasteiger partial charge in [-0.1, -0.05) is 30.7 Å². The fourth-order valence-corrected chi connectivity index (χ4v) is 1.95. The van der Waals surface area contributed by atoms with E-state index in [1.807, 2.05) is 0 Å². The molecule has 0 aliphatic carbocycles. The second-order valence-corrected chi connectivity index (χ2v) is 4.54. The molecule has 94 valence electrons. The number of rotatable bonds is 2. The Bertz CT molecular complexity index is 518. The smallest absolute Gasteiger partial charge is 0.345 e. The Morgan fingerprint density at radius 2 is 2.00 bits per heavy atom. The SMILES string of the molecule is C[C@H]1/C(=C/c2ccc(Cl)cc2)C(=O)O[C@H]1C(=O)O. The minimum absolute atomic E-state index is 0.365. The first-order chi connectivity index (χ1) is 8.49. The van der Waals surface area contributed by atoms with E-state index in [0.717, 1.165) is 5.56 Å². The maximum Gasteiger partial charge on any atom is 0.345 e. The van der Waals surface area contributed by atoms with E-state index in [2.05, 4.69) is 0 Å². The standard InChI is InChI=1S/C13H11ClO4/c1-7-10(13(17)18-11(7)12(15)16)6-8-2-4-9(14)5-3-8/h2-7,11H,1H3,(H,15,16)/b10-6-/t7-,11+/m0/s1. The molecule has 0 radical (unpaired) electrons. The molecule has 1 aliphatic rings. The predicted octanol–water partition coefficient (Wildman–Crippen LogP) is 2.37. The molecule has 5 heteroatoms. The number of ether oxygens (including phenoxy) is 1. The lowest BCUT2D eigenvalue weighted by Crippen LogP contribution is -2.24. The van der Waals surface area contributed by atoms with Crippen LogP contribution in [0.25, 0.3) is 6.08 Å². The lowest BCUT2D eigenvalue weighted by Gasteiger charge is -2.07. The van der Waals surface area contributed by atoms with Gasteiger partial charge in [0.25, 0.3) is 0 Å². The highest BCUT2D eigenvalue weighted by atomic mass is 35.5. The van der Waals surface area contributed by atoms with Gasteiger partial charge in [0.2, 0.25) is 6.10 Å². The summed E-state index contributed by atoms with van der Waals surface area (Å²) in [5, 5.41) is 9.50. The topological polar surface area (TPSA) is 63.6 Å². The van der Waals surface area contributed by atoms with Crippen molar-refractivity contribution in [2.45, 2.75) is 13.0 Å². The van der Waals surface area contributed by atoms with Gasteiger partial charge < -0.3 is 9.84 Å². The molecular formula is C13H11ClO4. The molecule has 1 aromatic carbocycles. The third kappa shape index (κ3) is 2.38. The predicted molar refractivity (Wildman–Crippen MR) is 66.1 cm³/mol. The molecule has 0 saturated carbocycles. The fraction of sp³-hybridized carbons (Fsp3) is 0.231. The largest absolute Gasteiger partial charge is 0.478 e. The van der Waals surface area contributed by atoms with Crippen LogP contribution in [0.15, 0.2) is 29.8 Å². The second-order valence-electron chi connectivity index (χ2n) is 4.10. The zero-order chi connectivity index (χ0) is 13.3. The van der Waals surface area contributed by atoms with Crippen LogP contribution in [-0.2, 0) is 14.3 Å². The van der Waals surface area contributed by atoms with Gasteiger partial charge in [-0.2, -0.15) is 0 Å². The first kappa shape index (κ1) is 12.6. The Morgan fingerprint density at radius 3 is 2.50 bits per heavy atom. The first-order valence-corrected chi connectivity index (χ1v) is 5.78. The van der Waals surface area contributed by atoms with Crippen molar-refractivity contribution < 1.29 is 19.4 Å². The Labute approximate surface area is 109 Å². The molecule has 1 fully saturated rings. The molecular weight excluding hydrogens is 256 g/mol. The van der Waals surface area contributed by atoms with E-state index >= 15 is 0 Å². The minimum Gasteiger partial charge on any atom is -0.478 e. The van der Waals surface area contributed by atoms with Crippen LogP contribution in [0.4, 0.5) is 0 Å². The summed E-state index contributed by atoms with van der Waals surface area (Å²) in [7, 11) is 0. The molecule has 2 atom stereocenters. The van der Waals surface area contributed by atoms with Crippen LogP contribution in [0.1, 0.15) is 12.5 Å². The van der Waals surface area contributed by atoms with E-state index in [9.17, 15) is 9.59 Å². The van der Waals surface area contributed by atoms with Gasteiger partial charge in [-0.05, 0) is 23.8 Å². The lowest BCUT2D eigenvalue weighted by atomic mass is 9.96. The third-order valence-electron chi connectivity index (χ3n) is 2.85. The van der Waals surface area contributed by atoms with E-state index in [0.29, 0.717) is 10.6 Å². The van der Waals surface area contributed by atoms with E-state index < -0.39 is 24.0 Å². The number of carbonyl (C=O) groups excluding carboxylic acids is 1. The Balaban J connectivity index is 2.30. The summed E-state index contributed by atoms with van der Waals surface area (Å²) in [4.78, 5) is 22.5. The van der Waals surface area contributed by atoms with Crippen molar-refractivity contribution in [1.29, 1.82) is 0 Å². The maximum atomic E-state index is 11.6. The van der Waals surface area contributed by atoms with Gasteiger partial charge in [-0.25, -0.2) is 9.59 Å². The number of halogens is 1. The van der Waals surface area contributed by atoms with Crippen molar-refractivity contribution in [1.82, 2.24) is 0 Å². The fourth-order valence-electron chi connectivity index (χ4n) is 1.83. The van der Waals surface area contributed by atoms with Crippen LogP contribution < -0.4 is 0 Å². The van der Waals surface area contributed by atoms with Gasteiger partial charge in [0.15, 0.2) is 0 Å². The lowest BCUT2D eigenvalue weighted by molar-refractivity contribution is -0.157. The van der Waals surface area contributed by atoms with Crippen molar-refractivity contribution >= 4 is 29.6 Å². The Kier molecular flexibility index (Phi) is 3.39. The Hall–Kier alpha value is -1.81. The number of carbonyl (C=O) groups is 2. The summed E-state index contributed by atoms with van der Waals surface area (Å²) in [6, 6.07) is 6.91. The van der Waals surface area contributed by atoms with E-state index in [-0.39, 0.29) is 0 Å². The van der Waals surface area contributed by atoms with Crippen LogP contribution in [-0.4, -0.2) is 23.1 Å². The van der Waals surface area contributed by atoms with Crippen molar-refractivity contribution in [3.05, 3.63) is 40.4 Å². The highest BCUT2D eigenvalue weighted by molar-refractivity contribution is 6.30. The Morgan fingerprint density at radius 1 is 1.39 bits per heavy atom. The average molecular weight is 267 g/mol. The molecule has 4 nitrogen and oxygen atoms in total. The van der Waals surface area contributed by atoms with Gasteiger partial charge in [0.1, 0.15) is 0 Å². The summed E-state index contributed by atoms with van der Waals surface area (Å²) in [6.45, 7) is 1.66. The molecule has 1 aromatic rings. The van der Waals surface area contributed by atoms with Gasteiger partial charge in [-0.15, -0.1) is 0 Å². The molecule has 0 aromatic heterocycles. The molecule has 1 saturated heterocycles. The van der Waals surface area contributed by atoms with Gasteiger partial charge in [0.05, 0.1) is 0 Å². The molecule has 0 spiro atoms. The number of carboxylic acid groups (broad SMARTS) is 1. The van der Waals surface area contributed by atoms with Crippen LogP contribution >= 0.6 is 11.6 Å². The minimum atomic E-state index is -1.13. The van der Waals surface area contributed by atoms with E-state index in [4.69, 9.17) is 21.4 Å². The normalized spacial score (nSPS) is 25.2. The zero-order valence-corrected chi connectivity index (χ0v) is 10.3. The molecule has 0 unspecified atom stereocenters. The van der Waals surface area contributed by atoms with E-state index in [1.54, 1.807) is 37.3 Å². The molecule has 0 bridgehead atoms. The monoisotopic (exact) mass is 266 g/mol. The van der Waals surface area contributed by atoms with Gasteiger partial charge in [0, 0.05) is 16.5 Å². The summed E-state index contributed by atoms with van der Waals surface area (Å²) in [5.74, 6) is -2.18. The third-order valence-corrected chi connectivity index (χ3v) is 3.10. The number of hydrogen-bond donors (Lipinski definition) is 1. The maximum absolute atomic E-state index is 11.6. The average Bonchev–Trinajstić information content (AvgIpc) is 2.60. The van der Waals surface area contributed by atoms with Crippen LogP contribution in [0.2, 0.25) is 5.02 Å². The number of carboxylic acids is 1. The number of hydrogen-bond acceptors (Lipinski definition) is 3. The molecule has 0 amide bonds. The summed E-state index contributed by atoms with van der Waals surface area (Å²) >= 11 is 5.76. The van der Waals surface area contributed by atoms with Gasteiger partial charge >= 0.3 is 11.9 Å². The number of aliphatic carboxylic acids is 1. The zero-order valence-electron chi connectivity index (χ0n) is 9.59. The van der Waals surface area contributed by atoms with Crippen molar-refractivity contribution in [2.75, 3.05) is 0 Å². The quantitative estimate of drug-likeness (QED) is 0.659. The van der Waals surface area contributed by atoms with Crippen molar-refractivity contribution in [2.24, 2.45) is 5.92 Å². The molecule has 1 N–H and O–H groups in total. The highest BCUT2D eigenvalue weighted by Gasteiger charge is 2.41. The van der Waals surface area contributed by atoms with Crippen LogP contribution in [0, 0.1) is 5.92 Å². The van der Waals surface area contributed by atoms with Crippen LogP contribution in [0.5, 0.6) is 0 Å². The summed E-state index contributed by atoms with van der Waals surface area (Å²) in [5.41, 5.74) is 1.15.